The van der Waals surface area contributed by atoms with Crippen molar-refractivity contribution in [1.82, 2.24) is 9.55 Å². The van der Waals surface area contributed by atoms with Crippen LogP contribution < -0.4 is 5.73 Å². The Labute approximate surface area is 117 Å². The molecular weight excluding hydrogens is 234 g/mol. The standard InChI is InChI=1S/C16H29N3/c1-3-5-6-13-7-9-14(10-8-13)15(17)16-18-11-12-19(16)4-2/h11-15H,3-10,17H2,1-2H3. The van der Waals surface area contributed by atoms with Gasteiger partial charge in [0.05, 0.1) is 6.04 Å². The maximum Gasteiger partial charge on any atom is 0.125 e. The molecule has 1 aliphatic carbocycles. The van der Waals surface area contributed by atoms with Crippen molar-refractivity contribution in [3.63, 3.8) is 0 Å². The Morgan fingerprint density at radius 3 is 2.68 bits per heavy atom. The minimum atomic E-state index is 0.127. The first-order chi connectivity index (χ1) is 9.26. The van der Waals surface area contributed by atoms with Gasteiger partial charge in [0.2, 0.25) is 0 Å². The number of unbranched alkanes of at least 4 members (excludes halogenated alkanes) is 1. The first-order valence-corrected chi connectivity index (χ1v) is 8.02. The van der Waals surface area contributed by atoms with E-state index in [1.165, 1.54) is 44.9 Å². The van der Waals surface area contributed by atoms with Gasteiger partial charge in [-0.1, -0.05) is 39.0 Å². The molecule has 1 aromatic rings. The second-order valence-corrected chi connectivity index (χ2v) is 6.02. The van der Waals surface area contributed by atoms with Crippen molar-refractivity contribution in [1.29, 1.82) is 0 Å². The highest BCUT2D eigenvalue weighted by molar-refractivity contribution is 5.01. The summed E-state index contributed by atoms with van der Waals surface area (Å²) in [6.45, 7) is 5.40. The lowest BCUT2D eigenvalue weighted by Gasteiger charge is -2.32. The molecule has 1 heterocycles. The van der Waals surface area contributed by atoms with E-state index in [1.54, 1.807) is 0 Å². The molecule has 0 aliphatic heterocycles. The number of nitrogens with two attached hydrogens (primary N) is 1. The predicted molar refractivity (Wildman–Crippen MR) is 79.8 cm³/mol. The first kappa shape index (κ1) is 14.6. The average molecular weight is 263 g/mol. The van der Waals surface area contributed by atoms with Crippen LogP contribution in [0.25, 0.3) is 0 Å². The van der Waals surface area contributed by atoms with Crippen LogP contribution in [-0.2, 0) is 6.54 Å². The molecular formula is C16H29N3. The zero-order chi connectivity index (χ0) is 13.7. The molecule has 108 valence electrons. The van der Waals surface area contributed by atoms with Gasteiger partial charge < -0.3 is 10.3 Å². The number of imidazole rings is 1. The molecule has 3 nitrogen and oxygen atoms in total. The fourth-order valence-electron chi connectivity index (χ4n) is 3.43. The van der Waals surface area contributed by atoms with Crippen LogP contribution in [0.3, 0.4) is 0 Å². The van der Waals surface area contributed by atoms with Crippen molar-refractivity contribution in [2.75, 3.05) is 0 Å². The number of hydrogen-bond donors (Lipinski definition) is 1. The molecule has 2 N–H and O–H groups in total. The third kappa shape index (κ3) is 3.59. The second kappa shape index (κ2) is 7.09. The molecule has 3 heteroatoms. The molecule has 0 radical (unpaired) electrons. The van der Waals surface area contributed by atoms with Gasteiger partial charge in [0.25, 0.3) is 0 Å². The van der Waals surface area contributed by atoms with E-state index in [0.717, 1.165) is 18.3 Å². The van der Waals surface area contributed by atoms with Gasteiger partial charge in [-0.3, -0.25) is 0 Å². The summed E-state index contributed by atoms with van der Waals surface area (Å²) in [7, 11) is 0. The number of aryl methyl sites for hydroxylation is 1. The van der Waals surface area contributed by atoms with Crippen molar-refractivity contribution in [2.24, 2.45) is 17.6 Å². The Bertz CT molecular complexity index is 364. The summed E-state index contributed by atoms with van der Waals surface area (Å²) in [5.74, 6) is 2.67. The molecule has 0 amide bonds. The Morgan fingerprint density at radius 2 is 2.05 bits per heavy atom. The molecule has 2 rings (SSSR count). The summed E-state index contributed by atoms with van der Waals surface area (Å²) in [5.41, 5.74) is 6.45. The second-order valence-electron chi connectivity index (χ2n) is 6.02. The topological polar surface area (TPSA) is 43.8 Å². The lowest BCUT2D eigenvalue weighted by Crippen LogP contribution is -2.28. The van der Waals surface area contributed by atoms with E-state index in [4.69, 9.17) is 5.73 Å². The van der Waals surface area contributed by atoms with Gasteiger partial charge in [0, 0.05) is 18.9 Å². The molecule has 0 saturated heterocycles. The summed E-state index contributed by atoms with van der Waals surface area (Å²) in [4.78, 5) is 4.47. The van der Waals surface area contributed by atoms with Gasteiger partial charge >= 0.3 is 0 Å². The van der Waals surface area contributed by atoms with E-state index in [-0.39, 0.29) is 6.04 Å². The van der Waals surface area contributed by atoms with Crippen LogP contribution in [0.2, 0.25) is 0 Å². The minimum absolute atomic E-state index is 0.127. The quantitative estimate of drug-likeness (QED) is 0.846. The summed E-state index contributed by atoms with van der Waals surface area (Å²) in [5, 5.41) is 0. The third-order valence-corrected chi connectivity index (χ3v) is 4.75. The molecule has 0 spiro atoms. The third-order valence-electron chi connectivity index (χ3n) is 4.75. The van der Waals surface area contributed by atoms with E-state index in [2.05, 4.69) is 23.4 Å². The van der Waals surface area contributed by atoms with Crippen LogP contribution in [0.15, 0.2) is 12.4 Å². The average Bonchev–Trinajstić information content (AvgIpc) is 2.93. The Hall–Kier alpha value is -0.830. The van der Waals surface area contributed by atoms with Crippen LogP contribution in [0, 0.1) is 11.8 Å². The number of rotatable bonds is 6. The van der Waals surface area contributed by atoms with Gasteiger partial charge in [-0.2, -0.15) is 0 Å². The van der Waals surface area contributed by atoms with Gasteiger partial charge in [-0.25, -0.2) is 4.98 Å². The summed E-state index contributed by atoms with van der Waals surface area (Å²) < 4.78 is 2.19. The molecule has 1 fully saturated rings. The number of hydrogen-bond acceptors (Lipinski definition) is 2. The smallest absolute Gasteiger partial charge is 0.125 e. The fourth-order valence-corrected chi connectivity index (χ4v) is 3.43. The molecule has 1 aliphatic rings. The highest BCUT2D eigenvalue weighted by Gasteiger charge is 2.28. The maximum absolute atomic E-state index is 6.45. The Kier molecular flexibility index (Phi) is 5.44. The van der Waals surface area contributed by atoms with Crippen LogP contribution >= 0.6 is 0 Å². The molecule has 0 bridgehead atoms. The van der Waals surface area contributed by atoms with Crippen LogP contribution in [0.1, 0.15) is 70.7 Å². The lowest BCUT2D eigenvalue weighted by molar-refractivity contribution is 0.227. The van der Waals surface area contributed by atoms with Crippen molar-refractivity contribution >= 4 is 0 Å². The molecule has 1 saturated carbocycles. The zero-order valence-corrected chi connectivity index (χ0v) is 12.5. The van der Waals surface area contributed by atoms with E-state index in [9.17, 15) is 0 Å². The van der Waals surface area contributed by atoms with E-state index < -0.39 is 0 Å². The molecule has 1 atom stereocenters. The summed E-state index contributed by atoms with van der Waals surface area (Å²) in [6.07, 6.45) is 13.4. The normalized spacial score (nSPS) is 25.4. The van der Waals surface area contributed by atoms with Gasteiger partial charge in [0.15, 0.2) is 0 Å². The number of aromatic nitrogens is 2. The predicted octanol–water partition coefficient (Wildman–Crippen LogP) is 3.90. The largest absolute Gasteiger partial charge is 0.334 e. The van der Waals surface area contributed by atoms with Crippen LogP contribution in [-0.4, -0.2) is 9.55 Å². The van der Waals surface area contributed by atoms with Crippen LogP contribution in [0.5, 0.6) is 0 Å². The lowest BCUT2D eigenvalue weighted by atomic mass is 9.77. The fraction of sp³-hybridized carbons (Fsp3) is 0.812. The van der Waals surface area contributed by atoms with E-state index >= 15 is 0 Å². The highest BCUT2D eigenvalue weighted by atomic mass is 15.1. The summed E-state index contributed by atoms with van der Waals surface area (Å²) in [6, 6.07) is 0.127. The van der Waals surface area contributed by atoms with Gasteiger partial charge in [0.1, 0.15) is 5.82 Å². The minimum Gasteiger partial charge on any atom is -0.334 e. The molecule has 1 unspecified atom stereocenters. The molecule has 1 aromatic heterocycles. The van der Waals surface area contributed by atoms with Crippen molar-refractivity contribution in [3.8, 4) is 0 Å². The zero-order valence-electron chi connectivity index (χ0n) is 12.5. The number of nitrogens with zero attached hydrogens (tertiary/aromatic N) is 2. The van der Waals surface area contributed by atoms with E-state index in [1.807, 2.05) is 12.4 Å². The Balaban J connectivity index is 1.87. The first-order valence-electron chi connectivity index (χ1n) is 8.02. The van der Waals surface area contributed by atoms with Gasteiger partial charge in [-0.05, 0) is 31.6 Å². The van der Waals surface area contributed by atoms with Gasteiger partial charge in [-0.15, -0.1) is 0 Å². The summed E-state index contributed by atoms with van der Waals surface area (Å²) >= 11 is 0. The molecule has 0 aromatic carbocycles. The van der Waals surface area contributed by atoms with Crippen molar-refractivity contribution in [3.05, 3.63) is 18.2 Å². The Morgan fingerprint density at radius 1 is 1.32 bits per heavy atom. The SMILES string of the molecule is CCCCC1CCC(C(N)c2nccn2CC)CC1. The van der Waals surface area contributed by atoms with Crippen LogP contribution in [0.4, 0.5) is 0 Å². The maximum atomic E-state index is 6.45. The molecule has 19 heavy (non-hydrogen) atoms. The monoisotopic (exact) mass is 263 g/mol. The van der Waals surface area contributed by atoms with Crippen molar-refractivity contribution in [2.45, 2.75) is 71.4 Å². The highest BCUT2D eigenvalue weighted by Crippen LogP contribution is 2.37. The van der Waals surface area contributed by atoms with Crippen molar-refractivity contribution < 1.29 is 0 Å². The van der Waals surface area contributed by atoms with E-state index in [0.29, 0.717) is 5.92 Å².